The van der Waals surface area contributed by atoms with Crippen LogP contribution in [0.25, 0.3) is 0 Å². The molecule has 0 aliphatic carbocycles. The fourth-order valence-electron chi connectivity index (χ4n) is 2.75. The molecule has 6 nitrogen and oxygen atoms in total. The molecule has 0 radical (unpaired) electrons. The number of likely N-dealkylation sites (N-methyl/N-ethyl adjacent to an activating group) is 2. The van der Waals surface area contributed by atoms with Gasteiger partial charge in [-0.05, 0) is 37.6 Å². The highest BCUT2D eigenvalue weighted by molar-refractivity contribution is 6.34. The van der Waals surface area contributed by atoms with Gasteiger partial charge in [0.15, 0.2) is 0 Å². The van der Waals surface area contributed by atoms with Crippen molar-refractivity contribution in [1.29, 1.82) is 0 Å². The van der Waals surface area contributed by atoms with E-state index in [4.69, 9.17) is 0 Å². The number of hydrogen-bond acceptors (Lipinski definition) is 4. The summed E-state index contributed by atoms with van der Waals surface area (Å²) in [6, 6.07) is 3.87. The normalized spacial score (nSPS) is 15.5. The first-order chi connectivity index (χ1) is 11.2. The third kappa shape index (κ3) is 4.76. The maximum atomic E-state index is 12.5. The third-order valence-corrected chi connectivity index (χ3v) is 4.38. The van der Waals surface area contributed by atoms with Crippen molar-refractivity contribution in [1.82, 2.24) is 19.7 Å². The van der Waals surface area contributed by atoms with Crippen LogP contribution in [0.5, 0.6) is 0 Å². The van der Waals surface area contributed by atoms with Crippen LogP contribution in [0.4, 0.5) is 0 Å². The Morgan fingerprint density at radius 1 is 1.13 bits per heavy atom. The lowest BCUT2D eigenvalue weighted by Gasteiger charge is -2.34. The average molecular weight is 318 g/mol. The topological polar surface area (TPSA) is 56.8 Å². The lowest BCUT2D eigenvalue weighted by atomic mass is 10.2. The molecule has 0 N–H and O–H groups in total. The fraction of sp³-hybridized carbons (Fsp3) is 0.588. The van der Waals surface area contributed by atoms with Crippen LogP contribution in [0.15, 0.2) is 24.5 Å². The van der Waals surface area contributed by atoms with E-state index in [0.29, 0.717) is 26.2 Å². The molecule has 0 atom stereocenters. The van der Waals surface area contributed by atoms with Gasteiger partial charge in [0.2, 0.25) is 0 Å². The van der Waals surface area contributed by atoms with Gasteiger partial charge in [-0.15, -0.1) is 0 Å². The second-order valence-electron chi connectivity index (χ2n) is 5.72. The molecule has 1 aromatic rings. The molecule has 126 valence electrons. The van der Waals surface area contributed by atoms with Crippen molar-refractivity contribution >= 4 is 11.8 Å². The van der Waals surface area contributed by atoms with Gasteiger partial charge in [0.1, 0.15) is 0 Å². The minimum atomic E-state index is -0.383. The first-order valence-corrected chi connectivity index (χ1v) is 8.35. The number of rotatable bonds is 5. The lowest BCUT2D eigenvalue weighted by Crippen LogP contribution is -2.53. The van der Waals surface area contributed by atoms with Crippen LogP contribution in [-0.4, -0.2) is 77.3 Å². The van der Waals surface area contributed by atoms with Crippen LogP contribution in [0, 0.1) is 0 Å². The van der Waals surface area contributed by atoms with Crippen LogP contribution in [0.2, 0.25) is 0 Å². The van der Waals surface area contributed by atoms with E-state index in [2.05, 4.69) is 16.8 Å². The number of pyridine rings is 1. The molecular weight excluding hydrogens is 292 g/mol. The summed E-state index contributed by atoms with van der Waals surface area (Å²) in [6.07, 6.45) is 4.22. The molecule has 1 saturated heterocycles. The standard InChI is InChI=1S/C17H26N4O2/c1-3-19-11-13-21(14-12-19)17(23)16(22)20(4-2)10-7-15-5-8-18-9-6-15/h5-6,8-9H,3-4,7,10-14H2,1-2H3. The summed E-state index contributed by atoms with van der Waals surface area (Å²) in [4.78, 5) is 34.5. The highest BCUT2D eigenvalue weighted by Crippen LogP contribution is 2.05. The fourth-order valence-corrected chi connectivity index (χ4v) is 2.75. The minimum absolute atomic E-state index is 0.364. The Morgan fingerprint density at radius 3 is 2.35 bits per heavy atom. The Kier molecular flexibility index (Phi) is 6.52. The summed E-state index contributed by atoms with van der Waals surface area (Å²) in [5.41, 5.74) is 1.12. The third-order valence-electron chi connectivity index (χ3n) is 4.38. The molecule has 6 heteroatoms. The Morgan fingerprint density at radius 2 is 1.78 bits per heavy atom. The molecule has 1 aromatic heterocycles. The van der Waals surface area contributed by atoms with Gasteiger partial charge in [-0.3, -0.25) is 14.6 Å². The van der Waals surface area contributed by atoms with Crippen molar-refractivity contribution in [2.24, 2.45) is 0 Å². The van der Waals surface area contributed by atoms with E-state index in [1.807, 2.05) is 19.1 Å². The predicted octanol–water partition coefficient (Wildman–Crippen LogP) is 0.637. The number of hydrogen-bond donors (Lipinski definition) is 0. The number of aromatic nitrogens is 1. The van der Waals surface area contributed by atoms with Gasteiger partial charge >= 0.3 is 11.8 Å². The van der Waals surface area contributed by atoms with Crippen LogP contribution >= 0.6 is 0 Å². The Labute approximate surface area is 138 Å². The molecule has 23 heavy (non-hydrogen) atoms. The van der Waals surface area contributed by atoms with Gasteiger partial charge in [-0.2, -0.15) is 0 Å². The maximum Gasteiger partial charge on any atom is 0.312 e. The van der Waals surface area contributed by atoms with E-state index in [-0.39, 0.29) is 11.8 Å². The number of nitrogens with zero attached hydrogens (tertiary/aromatic N) is 4. The van der Waals surface area contributed by atoms with Crippen molar-refractivity contribution in [2.75, 3.05) is 45.8 Å². The smallest absolute Gasteiger partial charge is 0.312 e. The molecule has 0 spiro atoms. The zero-order valence-corrected chi connectivity index (χ0v) is 14.1. The van der Waals surface area contributed by atoms with Crippen LogP contribution in [0.1, 0.15) is 19.4 Å². The van der Waals surface area contributed by atoms with Crippen LogP contribution in [-0.2, 0) is 16.0 Å². The van der Waals surface area contributed by atoms with E-state index < -0.39 is 0 Å². The number of amides is 2. The minimum Gasteiger partial charge on any atom is -0.334 e. The highest BCUT2D eigenvalue weighted by Gasteiger charge is 2.28. The summed E-state index contributed by atoms with van der Waals surface area (Å²) in [7, 11) is 0. The first kappa shape index (κ1) is 17.4. The zero-order chi connectivity index (χ0) is 16.7. The Balaban J connectivity index is 1.87. The van der Waals surface area contributed by atoms with E-state index in [1.165, 1.54) is 0 Å². The van der Waals surface area contributed by atoms with Gasteiger partial charge in [0.05, 0.1) is 0 Å². The largest absolute Gasteiger partial charge is 0.334 e. The molecule has 1 aliphatic rings. The Bertz CT molecular complexity index is 513. The van der Waals surface area contributed by atoms with Crippen molar-refractivity contribution in [3.05, 3.63) is 30.1 Å². The summed E-state index contributed by atoms with van der Waals surface area (Å²) in [5, 5.41) is 0. The second kappa shape index (κ2) is 8.62. The SMILES string of the molecule is CCN1CCN(C(=O)C(=O)N(CC)CCc2ccncc2)CC1. The first-order valence-electron chi connectivity index (χ1n) is 8.35. The van der Waals surface area contributed by atoms with Gasteiger partial charge in [-0.25, -0.2) is 0 Å². The highest BCUT2D eigenvalue weighted by atomic mass is 16.2. The van der Waals surface area contributed by atoms with Crippen LogP contribution in [0.3, 0.4) is 0 Å². The molecule has 1 fully saturated rings. The molecule has 0 saturated carbocycles. The molecular formula is C17H26N4O2. The van der Waals surface area contributed by atoms with E-state index in [0.717, 1.165) is 31.6 Å². The molecule has 1 aliphatic heterocycles. The van der Waals surface area contributed by atoms with Gasteiger partial charge in [0, 0.05) is 51.7 Å². The van der Waals surface area contributed by atoms with Crippen molar-refractivity contribution in [3.8, 4) is 0 Å². The summed E-state index contributed by atoms with van der Waals surface area (Å²) in [5.74, 6) is -0.746. The molecule has 2 amide bonds. The molecule has 2 heterocycles. The number of piperazine rings is 1. The number of carbonyl (C=O) groups is 2. The van der Waals surface area contributed by atoms with Gasteiger partial charge in [-0.1, -0.05) is 6.92 Å². The zero-order valence-electron chi connectivity index (χ0n) is 14.1. The predicted molar refractivity (Wildman–Crippen MR) is 88.9 cm³/mol. The molecule has 0 unspecified atom stereocenters. The van der Waals surface area contributed by atoms with Crippen molar-refractivity contribution in [2.45, 2.75) is 20.3 Å². The van der Waals surface area contributed by atoms with E-state index in [1.54, 1.807) is 22.2 Å². The molecule has 2 rings (SSSR count). The average Bonchev–Trinajstić information content (AvgIpc) is 2.62. The molecule has 0 bridgehead atoms. The quantitative estimate of drug-likeness (QED) is 0.748. The second-order valence-corrected chi connectivity index (χ2v) is 5.72. The molecule has 0 aromatic carbocycles. The summed E-state index contributed by atoms with van der Waals surface area (Å²) in [6.45, 7) is 9.08. The lowest BCUT2D eigenvalue weighted by molar-refractivity contribution is -0.152. The van der Waals surface area contributed by atoms with E-state index >= 15 is 0 Å². The van der Waals surface area contributed by atoms with Crippen molar-refractivity contribution in [3.63, 3.8) is 0 Å². The monoisotopic (exact) mass is 318 g/mol. The van der Waals surface area contributed by atoms with E-state index in [9.17, 15) is 9.59 Å². The van der Waals surface area contributed by atoms with Crippen LogP contribution < -0.4 is 0 Å². The maximum absolute atomic E-state index is 12.5. The number of carbonyl (C=O) groups excluding carboxylic acids is 2. The Hall–Kier alpha value is -1.95. The van der Waals surface area contributed by atoms with Crippen molar-refractivity contribution < 1.29 is 9.59 Å². The summed E-state index contributed by atoms with van der Waals surface area (Å²) >= 11 is 0. The van der Waals surface area contributed by atoms with Gasteiger partial charge < -0.3 is 14.7 Å². The van der Waals surface area contributed by atoms with Gasteiger partial charge in [0.25, 0.3) is 0 Å². The summed E-state index contributed by atoms with van der Waals surface area (Å²) < 4.78 is 0.